The van der Waals surface area contributed by atoms with Crippen LogP contribution in [0.15, 0.2) is 48.8 Å². The molecule has 2 aromatic rings. The van der Waals surface area contributed by atoms with E-state index in [0.717, 1.165) is 24.1 Å². The van der Waals surface area contributed by atoms with Crippen LogP contribution in [0, 0.1) is 0 Å². The first-order valence-electron chi connectivity index (χ1n) is 8.06. The molecule has 120 valence electrons. The molecule has 2 aliphatic heterocycles. The van der Waals surface area contributed by atoms with Crippen molar-refractivity contribution in [2.45, 2.75) is 18.6 Å². The average Bonchev–Trinajstić information content (AvgIpc) is 3.28. The molecular weight excluding hydrogens is 292 g/mol. The zero-order chi connectivity index (χ0) is 15.7. The molecular formula is C18H20N2O3. The van der Waals surface area contributed by atoms with Crippen molar-refractivity contribution in [1.29, 1.82) is 0 Å². The summed E-state index contributed by atoms with van der Waals surface area (Å²) in [5.74, 6) is -0.355. The van der Waals surface area contributed by atoms with Crippen LogP contribution in [0.3, 0.4) is 0 Å². The number of carbonyl (C=O) groups excluding carboxylic acids is 1. The van der Waals surface area contributed by atoms with Crippen LogP contribution in [-0.2, 0) is 9.47 Å². The summed E-state index contributed by atoms with van der Waals surface area (Å²) in [5.41, 5.74) is 1.78. The number of likely N-dealkylation sites (tertiary alicyclic amines) is 1. The molecule has 1 spiro atoms. The Morgan fingerprint density at radius 1 is 0.957 bits per heavy atom. The molecule has 0 unspecified atom stereocenters. The second-order valence-corrected chi connectivity index (χ2v) is 6.04. The molecule has 3 heterocycles. The minimum absolute atomic E-state index is 0.0805. The van der Waals surface area contributed by atoms with Gasteiger partial charge < -0.3 is 18.9 Å². The Labute approximate surface area is 135 Å². The van der Waals surface area contributed by atoms with Crippen LogP contribution in [0.5, 0.6) is 0 Å². The Morgan fingerprint density at radius 2 is 1.57 bits per heavy atom. The Hall–Kier alpha value is -2.11. The quantitative estimate of drug-likeness (QED) is 0.855. The van der Waals surface area contributed by atoms with Gasteiger partial charge in [-0.3, -0.25) is 4.79 Å². The lowest BCUT2D eigenvalue weighted by Gasteiger charge is -2.37. The molecule has 0 aliphatic carbocycles. The number of rotatable bonds is 2. The molecule has 5 nitrogen and oxygen atoms in total. The Bertz CT molecular complexity index is 663. The summed E-state index contributed by atoms with van der Waals surface area (Å²) in [6, 6.07) is 11.7. The van der Waals surface area contributed by atoms with Crippen molar-refractivity contribution in [2.24, 2.45) is 0 Å². The van der Waals surface area contributed by atoms with E-state index in [-0.39, 0.29) is 5.91 Å². The van der Waals surface area contributed by atoms with Crippen molar-refractivity contribution in [2.75, 3.05) is 26.3 Å². The minimum Gasteiger partial charge on any atom is -0.347 e. The van der Waals surface area contributed by atoms with Crippen LogP contribution in [0.1, 0.15) is 23.2 Å². The van der Waals surface area contributed by atoms with E-state index in [9.17, 15) is 4.79 Å². The van der Waals surface area contributed by atoms with Crippen molar-refractivity contribution in [1.82, 2.24) is 9.47 Å². The second-order valence-electron chi connectivity index (χ2n) is 6.04. The highest BCUT2D eigenvalue weighted by Gasteiger charge is 2.40. The largest absolute Gasteiger partial charge is 0.347 e. The summed E-state index contributed by atoms with van der Waals surface area (Å²) in [7, 11) is 0. The monoisotopic (exact) mass is 312 g/mol. The first-order chi connectivity index (χ1) is 11.3. The van der Waals surface area contributed by atoms with E-state index >= 15 is 0 Å². The summed E-state index contributed by atoms with van der Waals surface area (Å²) >= 11 is 0. The Kier molecular flexibility index (Phi) is 3.67. The maximum absolute atomic E-state index is 12.6. The van der Waals surface area contributed by atoms with E-state index < -0.39 is 5.79 Å². The highest BCUT2D eigenvalue weighted by atomic mass is 16.7. The highest BCUT2D eigenvalue weighted by molar-refractivity contribution is 5.94. The van der Waals surface area contributed by atoms with Crippen LogP contribution in [-0.4, -0.2) is 47.5 Å². The van der Waals surface area contributed by atoms with Crippen LogP contribution in [0.2, 0.25) is 0 Å². The molecule has 1 aromatic heterocycles. The normalized spacial score (nSPS) is 20.1. The third-order valence-corrected chi connectivity index (χ3v) is 4.64. The van der Waals surface area contributed by atoms with Gasteiger partial charge in [-0.2, -0.15) is 0 Å². The zero-order valence-electron chi connectivity index (χ0n) is 13.0. The van der Waals surface area contributed by atoms with Gasteiger partial charge in [-0.25, -0.2) is 0 Å². The molecule has 0 saturated carbocycles. The lowest BCUT2D eigenvalue weighted by Crippen LogP contribution is -2.47. The minimum atomic E-state index is -0.435. The van der Waals surface area contributed by atoms with Crippen molar-refractivity contribution >= 4 is 5.91 Å². The van der Waals surface area contributed by atoms with Crippen LogP contribution < -0.4 is 0 Å². The van der Waals surface area contributed by atoms with Gasteiger partial charge in [-0.15, -0.1) is 0 Å². The number of aromatic nitrogens is 1. The van der Waals surface area contributed by atoms with Gasteiger partial charge in [0, 0.05) is 49.6 Å². The fourth-order valence-electron chi connectivity index (χ4n) is 3.30. The first-order valence-corrected chi connectivity index (χ1v) is 8.06. The van der Waals surface area contributed by atoms with Gasteiger partial charge in [0.05, 0.1) is 13.2 Å². The highest BCUT2D eigenvalue weighted by Crippen LogP contribution is 2.31. The molecule has 2 aliphatic rings. The summed E-state index contributed by atoms with van der Waals surface area (Å²) in [6.45, 7) is 2.68. The van der Waals surface area contributed by atoms with Gasteiger partial charge in [0.15, 0.2) is 5.79 Å². The number of carbonyl (C=O) groups is 1. The topological polar surface area (TPSA) is 43.7 Å². The van der Waals surface area contributed by atoms with Gasteiger partial charge >= 0.3 is 0 Å². The number of piperidine rings is 1. The first kappa shape index (κ1) is 14.5. The van der Waals surface area contributed by atoms with Crippen molar-refractivity contribution in [3.05, 3.63) is 54.4 Å². The van der Waals surface area contributed by atoms with E-state index in [1.165, 1.54) is 0 Å². The third kappa shape index (κ3) is 2.78. The summed E-state index contributed by atoms with van der Waals surface area (Å²) in [6.07, 6.45) is 5.48. The summed E-state index contributed by atoms with van der Waals surface area (Å²) in [5, 5.41) is 0. The number of hydrogen-bond acceptors (Lipinski definition) is 3. The van der Waals surface area contributed by atoms with Crippen molar-refractivity contribution in [3.8, 4) is 5.69 Å². The summed E-state index contributed by atoms with van der Waals surface area (Å²) in [4.78, 5) is 14.5. The van der Waals surface area contributed by atoms with Crippen LogP contribution in [0.4, 0.5) is 0 Å². The fraction of sp³-hybridized carbons (Fsp3) is 0.389. The maximum atomic E-state index is 12.6. The van der Waals surface area contributed by atoms with E-state index in [0.29, 0.717) is 26.3 Å². The van der Waals surface area contributed by atoms with Crippen molar-refractivity contribution in [3.63, 3.8) is 0 Å². The zero-order valence-corrected chi connectivity index (χ0v) is 13.0. The van der Waals surface area contributed by atoms with Gasteiger partial charge in [0.2, 0.25) is 0 Å². The Balaban J connectivity index is 1.43. The van der Waals surface area contributed by atoms with Crippen LogP contribution >= 0.6 is 0 Å². The molecule has 0 N–H and O–H groups in total. The number of nitrogens with zero attached hydrogens (tertiary/aromatic N) is 2. The van der Waals surface area contributed by atoms with Gasteiger partial charge in [-0.1, -0.05) is 0 Å². The molecule has 2 fully saturated rings. The molecule has 5 heteroatoms. The molecule has 1 amide bonds. The lowest BCUT2D eigenvalue weighted by atomic mass is 10.0. The van der Waals surface area contributed by atoms with E-state index in [4.69, 9.17) is 9.47 Å². The van der Waals surface area contributed by atoms with Gasteiger partial charge in [0.1, 0.15) is 0 Å². The Morgan fingerprint density at radius 3 is 2.17 bits per heavy atom. The van der Waals surface area contributed by atoms with E-state index in [1.54, 1.807) is 0 Å². The van der Waals surface area contributed by atoms with Crippen molar-refractivity contribution < 1.29 is 14.3 Å². The molecule has 4 rings (SSSR count). The standard InChI is InChI=1S/C18H20N2O3/c21-17(20-11-7-18(8-12-20)22-13-14-23-18)15-3-5-16(6-4-15)19-9-1-2-10-19/h1-6,9-10H,7-8,11-14H2. The summed E-state index contributed by atoms with van der Waals surface area (Å²) < 4.78 is 13.4. The van der Waals surface area contributed by atoms with Crippen LogP contribution in [0.25, 0.3) is 5.69 Å². The number of amides is 1. The molecule has 0 bridgehead atoms. The lowest BCUT2D eigenvalue weighted by molar-refractivity contribution is -0.181. The third-order valence-electron chi connectivity index (χ3n) is 4.64. The SMILES string of the molecule is O=C(c1ccc(-n2cccc2)cc1)N1CCC2(CC1)OCCO2. The number of ether oxygens (including phenoxy) is 2. The molecule has 0 radical (unpaired) electrons. The van der Waals surface area contributed by atoms with Gasteiger partial charge in [0.25, 0.3) is 5.91 Å². The molecule has 0 atom stereocenters. The average molecular weight is 312 g/mol. The fourth-order valence-corrected chi connectivity index (χ4v) is 3.30. The number of benzene rings is 1. The molecule has 1 aromatic carbocycles. The van der Waals surface area contributed by atoms with E-state index in [1.807, 2.05) is 58.3 Å². The molecule has 2 saturated heterocycles. The smallest absolute Gasteiger partial charge is 0.253 e. The van der Waals surface area contributed by atoms with Gasteiger partial charge in [-0.05, 0) is 36.4 Å². The second kappa shape index (κ2) is 5.83. The maximum Gasteiger partial charge on any atom is 0.253 e. The van der Waals surface area contributed by atoms with E-state index in [2.05, 4.69) is 0 Å². The molecule has 23 heavy (non-hydrogen) atoms. The predicted molar refractivity (Wildman–Crippen MR) is 85.5 cm³/mol. The number of hydrogen-bond donors (Lipinski definition) is 0. The predicted octanol–water partition coefficient (Wildman–Crippen LogP) is 2.46.